The fourth-order valence-electron chi connectivity index (χ4n) is 2.81. The van der Waals surface area contributed by atoms with E-state index in [1.807, 2.05) is 6.92 Å². The summed E-state index contributed by atoms with van der Waals surface area (Å²) < 4.78 is 0. The maximum atomic E-state index is 11.8. The van der Waals surface area contributed by atoms with Crippen LogP contribution in [0.25, 0.3) is 0 Å². The lowest BCUT2D eigenvalue weighted by Crippen LogP contribution is -2.41. The van der Waals surface area contributed by atoms with Gasteiger partial charge in [0.1, 0.15) is 0 Å². The van der Waals surface area contributed by atoms with Crippen molar-refractivity contribution in [2.75, 3.05) is 26.2 Å². The quantitative estimate of drug-likeness (QED) is 0.863. The van der Waals surface area contributed by atoms with Crippen molar-refractivity contribution in [2.45, 2.75) is 25.9 Å². The number of rotatable bonds is 5. The molecule has 6 heteroatoms. The Morgan fingerprint density at radius 3 is 2.68 bits per heavy atom. The molecule has 2 rings (SSSR count). The van der Waals surface area contributed by atoms with Gasteiger partial charge >= 0.3 is 0 Å². The number of benzene rings is 1. The molecule has 1 heterocycles. The molecule has 1 aromatic rings. The summed E-state index contributed by atoms with van der Waals surface area (Å²) >= 11 is 12.0. The molecule has 0 radical (unpaired) electrons. The van der Waals surface area contributed by atoms with Crippen molar-refractivity contribution in [3.05, 3.63) is 33.8 Å². The Kier molecular flexibility index (Phi) is 6.50. The van der Waals surface area contributed by atoms with E-state index in [-0.39, 0.29) is 11.8 Å². The van der Waals surface area contributed by atoms with E-state index in [2.05, 4.69) is 10.2 Å². The third-order valence-corrected chi connectivity index (χ3v) is 4.62. The molecule has 4 nitrogen and oxygen atoms in total. The first-order valence-electron chi connectivity index (χ1n) is 7.64. The molecule has 1 saturated heterocycles. The summed E-state index contributed by atoms with van der Waals surface area (Å²) in [6.45, 7) is 4.74. The Morgan fingerprint density at radius 1 is 1.41 bits per heavy atom. The zero-order chi connectivity index (χ0) is 16.1. The number of carbonyl (C=O) groups is 1. The molecule has 22 heavy (non-hydrogen) atoms. The molecular weight excluding hydrogens is 323 g/mol. The highest BCUT2D eigenvalue weighted by Gasteiger charge is 2.26. The second-order valence-corrected chi connectivity index (χ2v) is 6.49. The third kappa shape index (κ3) is 4.59. The third-order valence-electron chi connectivity index (χ3n) is 4.06. The molecule has 2 N–H and O–H groups in total. The minimum atomic E-state index is -0.647. The largest absolute Gasteiger partial charge is 0.387 e. The summed E-state index contributed by atoms with van der Waals surface area (Å²) in [6, 6.07) is 5.13. The van der Waals surface area contributed by atoms with Gasteiger partial charge in [0, 0.05) is 34.6 Å². The van der Waals surface area contributed by atoms with Crippen molar-refractivity contribution < 1.29 is 9.90 Å². The van der Waals surface area contributed by atoms with Crippen LogP contribution >= 0.6 is 23.2 Å². The molecule has 0 aliphatic carbocycles. The second kappa shape index (κ2) is 8.16. The Hall–Kier alpha value is -0.810. The van der Waals surface area contributed by atoms with Gasteiger partial charge < -0.3 is 15.3 Å². The molecule has 1 aliphatic heterocycles. The number of piperidine rings is 1. The first-order valence-corrected chi connectivity index (χ1v) is 8.40. The minimum absolute atomic E-state index is 0.0902. The van der Waals surface area contributed by atoms with Crippen LogP contribution in [0.3, 0.4) is 0 Å². The average molecular weight is 345 g/mol. The second-order valence-electron chi connectivity index (χ2n) is 5.65. The number of aliphatic hydroxyl groups excluding tert-OH is 1. The van der Waals surface area contributed by atoms with Gasteiger partial charge in [0.15, 0.2) is 0 Å². The first-order chi connectivity index (χ1) is 10.5. The maximum Gasteiger partial charge on any atom is 0.223 e. The predicted molar refractivity (Wildman–Crippen MR) is 89.3 cm³/mol. The highest BCUT2D eigenvalue weighted by atomic mass is 35.5. The topological polar surface area (TPSA) is 52.6 Å². The highest BCUT2D eigenvalue weighted by molar-refractivity contribution is 6.35. The van der Waals surface area contributed by atoms with Crippen LogP contribution in [0, 0.1) is 5.92 Å². The minimum Gasteiger partial charge on any atom is -0.387 e. The van der Waals surface area contributed by atoms with E-state index >= 15 is 0 Å². The van der Waals surface area contributed by atoms with E-state index in [0.717, 1.165) is 25.9 Å². The van der Waals surface area contributed by atoms with E-state index in [1.165, 1.54) is 0 Å². The Balaban J connectivity index is 1.86. The van der Waals surface area contributed by atoms with Gasteiger partial charge in [0.25, 0.3) is 0 Å². The summed E-state index contributed by atoms with van der Waals surface area (Å²) in [5.41, 5.74) is 0.692. The van der Waals surface area contributed by atoms with Gasteiger partial charge in [-0.15, -0.1) is 0 Å². The lowest BCUT2D eigenvalue weighted by molar-refractivity contribution is -0.126. The van der Waals surface area contributed by atoms with Crippen molar-refractivity contribution in [3.63, 3.8) is 0 Å². The average Bonchev–Trinajstić information content (AvgIpc) is 2.48. The number of amides is 1. The van der Waals surface area contributed by atoms with Crippen LogP contribution in [0.2, 0.25) is 10.0 Å². The zero-order valence-electron chi connectivity index (χ0n) is 12.7. The lowest BCUT2D eigenvalue weighted by atomic mass is 9.95. The molecule has 1 aliphatic rings. The van der Waals surface area contributed by atoms with Crippen LogP contribution < -0.4 is 5.32 Å². The summed E-state index contributed by atoms with van der Waals surface area (Å²) in [5, 5.41) is 14.3. The van der Waals surface area contributed by atoms with Crippen LogP contribution in [-0.2, 0) is 4.79 Å². The van der Waals surface area contributed by atoms with Crippen molar-refractivity contribution in [2.24, 2.45) is 5.92 Å². The summed E-state index contributed by atoms with van der Waals surface area (Å²) in [6.07, 6.45) is 1.01. The van der Waals surface area contributed by atoms with Gasteiger partial charge in [-0.1, -0.05) is 29.3 Å². The summed E-state index contributed by atoms with van der Waals surface area (Å²) in [4.78, 5) is 14.0. The molecule has 1 fully saturated rings. The number of aliphatic hydroxyl groups is 1. The lowest BCUT2D eigenvalue weighted by Gasteiger charge is -2.32. The van der Waals surface area contributed by atoms with Gasteiger partial charge in [-0.3, -0.25) is 4.79 Å². The van der Waals surface area contributed by atoms with Gasteiger partial charge in [0.2, 0.25) is 5.91 Å². The Labute approximate surface area is 141 Å². The van der Waals surface area contributed by atoms with Gasteiger partial charge in [-0.2, -0.15) is 0 Å². The number of carbonyl (C=O) groups excluding carboxylic acids is 1. The smallest absolute Gasteiger partial charge is 0.223 e. The normalized spacial score (nSPS) is 18.2. The fraction of sp³-hybridized carbons (Fsp3) is 0.562. The Morgan fingerprint density at radius 2 is 2.09 bits per heavy atom. The van der Waals surface area contributed by atoms with Gasteiger partial charge in [0.05, 0.1) is 6.10 Å². The first kappa shape index (κ1) is 17.5. The molecule has 0 spiro atoms. The van der Waals surface area contributed by atoms with E-state index in [9.17, 15) is 9.90 Å². The predicted octanol–water partition coefficient (Wildman–Crippen LogP) is 2.87. The van der Waals surface area contributed by atoms with Crippen molar-refractivity contribution in [3.8, 4) is 0 Å². The summed E-state index contributed by atoms with van der Waals surface area (Å²) in [5.74, 6) is 0.232. The fourth-order valence-corrected chi connectivity index (χ4v) is 3.35. The molecular formula is C16H22Cl2N2O2. The van der Waals surface area contributed by atoms with E-state index < -0.39 is 6.10 Å². The molecule has 1 unspecified atom stereocenters. The van der Waals surface area contributed by atoms with Crippen LogP contribution in [-0.4, -0.2) is 42.1 Å². The number of hydrogen-bond donors (Lipinski definition) is 2. The zero-order valence-corrected chi connectivity index (χ0v) is 14.2. The number of nitrogens with one attached hydrogen (secondary N) is 1. The van der Waals surface area contributed by atoms with E-state index in [0.29, 0.717) is 28.7 Å². The van der Waals surface area contributed by atoms with E-state index in [1.54, 1.807) is 18.2 Å². The molecule has 1 atom stereocenters. The number of likely N-dealkylation sites (tertiary alicyclic amines) is 1. The van der Waals surface area contributed by atoms with Crippen LogP contribution in [0.1, 0.15) is 31.4 Å². The Bertz CT molecular complexity index is 517. The van der Waals surface area contributed by atoms with Crippen LogP contribution in [0.5, 0.6) is 0 Å². The number of β-amino-alcohol motifs (C(OH)–C–C–N with tert-alkyl or cyclic N) is 1. The molecule has 0 aromatic heterocycles. The molecule has 0 saturated carbocycles. The van der Waals surface area contributed by atoms with Crippen LogP contribution in [0.15, 0.2) is 18.2 Å². The molecule has 122 valence electrons. The van der Waals surface area contributed by atoms with E-state index in [4.69, 9.17) is 23.2 Å². The standard InChI is InChI=1S/C16H22Cl2N2O2/c1-2-19-16(22)11-5-7-20(8-6-11)10-15(21)13-4-3-12(17)9-14(13)18/h3-4,9,11,15,21H,2,5-8,10H2,1H3,(H,19,22). The maximum absolute atomic E-state index is 11.8. The van der Waals surface area contributed by atoms with Gasteiger partial charge in [-0.25, -0.2) is 0 Å². The number of hydrogen-bond acceptors (Lipinski definition) is 3. The summed E-state index contributed by atoms with van der Waals surface area (Å²) in [7, 11) is 0. The SMILES string of the molecule is CCNC(=O)C1CCN(CC(O)c2ccc(Cl)cc2Cl)CC1. The van der Waals surface area contributed by atoms with Crippen LogP contribution in [0.4, 0.5) is 0 Å². The molecule has 1 aromatic carbocycles. The number of nitrogens with zero attached hydrogens (tertiary/aromatic N) is 1. The molecule has 1 amide bonds. The van der Waals surface area contributed by atoms with Gasteiger partial charge in [-0.05, 0) is 45.0 Å². The van der Waals surface area contributed by atoms with Crippen molar-refractivity contribution >= 4 is 29.1 Å². The highest BCUT2D eigenvalue weighted by Crippen LogP contribution is 2.28. The monoisotopic (exact) mass is 344 g/mol. The number of halogens is 2. The van der Waals surface area contributed by atoms with Crippen molar-refractivity contribution in [1.82, 2.24) is 10.2 Å². The molecule has 0 bridgehead atoms. The van der Waals surface area contributed by atoms with Crippen molar-refractivity contribution in [1.29, 1.82) is 0 Å².